The van der Waals surface area contributed by atoms with Crippen LogP contribution >= 0.6 is 0 Å². The third kappa shape index (κ3) is 1.62. The van der Waals surface area contributed by atoms with Crippen LogP contribution in [0.4, 0.5) is 5.69 Å². The second-order valence-electron chi connectivity index (χ2n) is 5.11. The van der Waals surface area contributed by atoms with Gasteiger partial charge >= 0.3 is 0 Å². The van der Waals surface area contributed by atoms with Crippen LogP contribution in [0.15, 0.2) is 22.9 Å². The predicted octanol–water partition coefficient (Wildman–Crippen LogP) is 3.22. The summed E-state index contributed by atoms with van der Waals surface area (Å²) in [6.45, 7) is 4.40. The van der Waals surface area contributed by atoms with E-state index in [0.29, 0.717) is 5.92 Å². The molecule has 3 heteroatoms. The van der Waals surface area contributed by atoms with Crippen molar-refractivity contribution < 1.29 is 4.52 Å². The van der Waals surface area contributed by atoms with Gasteiger partial charge in [-0.1, -0.05) is 17.3 Å². The molecule has 1 heterocycles. The third-order valence-corrected chi connectivity index (χ3v) is 4.14. The summed E-state index contributed by atoms with van der Waals surface area (Å²) < 4.78 is 5.09. The minimum absolute atomic E-state index is 0.446. The number of hydrogen-bond donors (Lipinski definition) is 1. The number of nitrogens with zero attached hydrogens (tertiary/aromatic N) is 1. The van der Waals surface area contributed by atoms with Gasteiger partial charge in [0.05, 0.1) is 5.69 Å². The highest BCUT2D eigenvalue weighted by Gasteiger charge is 2.28. The molecule has 1 aliphatic rings. The van der Waals surface area contributed by atoms with Crippen molar-refractivity contribution in [2.75, 3.05) is 12.4 Å². The summed E-state index contributed by atoms with van der Waals surface area (Å²) in [4.78, 5) is 0. The summed E-state index contributed by atoms with van der Waals surface area (Å²) >= 11 is 0. The van der Waals surface area contributed by atoms with E-state index in [4.69, 9.17) is 4.52 Å². The molecule has 0 saturated heterocycles. The van der Waals surface area contributed by atoms with Crippen molar-refractivity contribution in [2.45, 2.75) is 32.6 Å². The Hall–Kier alpha value is -1.77. The van der Waals surface area contributed by atoms with Gasteiger partial charge in [0, 0.05) is 13.0 Å². The molecule has 1 unspecified atom stereocenters. The monoisotopic (exact) mass is 242 g/mol. The number of nitrogens with one attached hydrogen (secondary N) is 1. The predicted molar refractivity (Wildman–Crippen MR) is 72.1 cm³/mol. The highest BCUT2D eigenvalue weighted by atomic mass is 16.5. The Morgan fingerprint density at radius 2 is 2.11 bits per heavy atom. The van der Waals surface area contributed by atoms with Crippen LogP contribution in [0.3, 0.4) is 0 Å². The van der Waals surface area contributed by atoms with E-state index >= 15 is 0 Å². The largest absolute Gasteiger partial charge is 0.384 e. The molecule has 18 heavy (non-hydrogen) atoms. The molecule has 0 saturated carbocycles. The van der Waals surface area contributed by atoms with Crippen molar-refractivity contribution in [3.8, 4) is 0 Å². The van der Waals surface area contributed by atoms with E-state index in [1.807, 2.05) is 7.05 Å². The first-order chi connectivity index (χ1) is 8.70. The van der Waals surface area contributed by atoms with E-state index in [9.17, 15) is 0 Å². The molecular weight excluding hydrogens is 224 g/mol. The average Bonchev–Trinajstić information content (AvgIpc) is 2.99. The Labute approximate surface area is 107 Å². The Bertz CT molecular complexity index is 586. The zero-order valence-corrected chi connectivity index (χ0v) is 11.1. The maximum absolute atomic E-state index is 5.09. The first-order valence-electron chi connectivity index (χ1n) is 6.40. The van der Waals surface area contributed by atoms with Gasteiger partial charge in [0.2, 0.25) is 0 Å². The van der Waals surface area contributed by atoms with Gasteiger partial charge in [0.15, 0.2) is 0 Å². The zero-order chi connectivity index (χ0) is 12.7. The molecule has 1 N–H and O–H groups in total. The molecule has 1 aliphatic carbocycles. The van der Waals surface area contributed by atoms with Crippen LogP contribution in [0.25, 0.3) is 0 Å². The van der Waals surface area contributed by atoms with Crippen LogP contribution in [0.1, 0.15) is 33.9 Å². The van der Waals surface area contributed by atoms with E-state index < -0.39 is 0 Å². The number of hydrogen-bond acceptors (Lipinski definition) is 3. The fraction of sp³-hybridized carbons (Fsp3) is 0.400. The molecule has 1 aromatic carbocycles. The Kier molecular flexibility index (Phi) is 2.62. The lowest BCUT2D eigenvalue weighted by molar-refractivity contribution is 0.405. The van der Waals surface area contributed by atoms with E-state index in [0.717, 1.165) is 24.2 Å². The topological polar surface area (TPSA) is 38.1 Å². The molecule has 1 aromatic heterocycles. The quantitative estimate of drug-likeness (QED) is 0.878. The molecule has 0 amide bonds. The summed E-state index contributed by atoms with van der Waals surface area (Å²) in [6.07, 6.45) is 3.83. The van der Waals surface area contributed by atoms with Crippen molar-refractivity contribution >= 4 is 5.69 Å². The Balaban J connectivity index is 1.96. The fourth-order valence-corrected chi connectivity index (χ4v) is 2.91. The molecule has 0 aliphatic heterocycles. The Morgan fingerprint density at radius 3 is 2.89 bits per heavy atom. The molecule has 0 bridgehead atoms. The van der Waals surface area contributed by atoms with Crippen LogP contribution < -0.4 is 5.32 Å². The van der Waals surface area contributed by atoms with Crippen molar-refractivity contribution in [1.29, 1.82) is 0 Å². The van der Waals surface area contributed by atoms with E-state index in [2.05, 4.69) is 36.5 Å². The number of fused-ring (bicyclic) bond motifs is 1. The SMILES string of the molecule is CNc1conc1C1Cc2ccc(C)c(C)c2C1. The molecule has 0 fully saturated rings. The number of aromatic nitrogens is 1. The van der Waals surface area contributed by atoms with Crippen molar-refractivity contribution in [2.24, 2.45) is 0 Å². The van der Waals surface area contributed by atoms with Gasteiger partial charge in [0.1, 0.15) is 12.0 Å². The molecular formula is C15H18N2O. The number of rotatable bonds is 2. The van der Waals surface area contributed by atoms with Gasteiger partial charge in [-0.2, -0.15) is 0 Å². The highest BCUT2D eigenvalue weighted by molar-refractivity contribution is 5.51. The second-order valence-corrected chi connectivity index (χ2v) is 5.11. The first-order valence-corrected chi connectivity index (χ1v) is 6.40. The van der Waals surface area contributed by atoms with Gasteiger partial charge in [-0.05, 0) is 48.9 Å². The normalized spacial score (nSPS) is 17.8. The fourth-order valence-electron chi connectivity index (χ4n) is 2.91. The lowest BCUT2D eigenvalue weighted by Gasteiger charge is -2.07. The first kappa shape index (κ1) is 11.3. The van der Waals surface area contributed by atoms with Crippen LogP contribution in [-0.4, -0.2) is 12.2 Å². The van der Waals surface area contributed by atoms with Gasteiger partial charge in [-0.25, -0.2) is 0 Å². The van der Waals surface area contributed by atoms with E-state index in [1.54, 1.807) is 6.26 Å². The summed E-state index contributed by atoms with van der Waals surface area (Å²) in [5.74, 6) is 0.446. The number of aryl methyl sites for hydroxylation is 1. The molecule has 2 aromatic rings. The Morgan fingerprint density at radius 1 is 1.28 bits per heavy atom. The van der Waals surface area contributed by atoms with E-state index in [-0.39, 0.29) is 0 Å². The molecule has 94 valence electrons. The smallest absolute Gasteiger partial charge is 0.147 e. The molecule has 3 nitrogen and oxygen atoms in total. The standard InChI is InChI=1S/C15H18N2O/c1-9-4-5-11-6-12(7-13(11)10(9)2)15-14(16-3)8-18-17-15/h4-5,8,12,16H,6-7H2,1-3H3. The number of anilines is 1. The number of benzene rings is 1. The van der Waals surface area contributed by atoms with Crippen LogP contribution in [0.5, 0.6) is 0 Å². The summed E-state index contributed by atoms with van der Waals surface area (Å²) in [6, 6.07) is 4.48. The lowest BCUT2D eigenvalue weighted by Crippen LogP contribution is -2.02. The van der Waals surface area contributed by atoms with Crippen molar-refractivity contribution in [3.63, 3.8) is 0 Å². The molecule has 0 radical (unpaired) electrons. The summed E-state index contributed by atoms with van der Waals surface area (Å²) in [5, 5.41) is 7.32. The summed E-state index contributed by atoms with van der Waals surface area (Å²) in [5.41, 5.74) is 7.86. The van der Waals surface area contributed by atoms with Crippen LogP contribution in [-0.2, 0) is 12.8 Å². The third-order valence-electron chi connectivity index (χ3n) is 4.14. The minimum atomic E-state index is 0.446. The van der Waals surface area contributed by atoms with Crippen molar-refractivity contribution in [3.05, 3.63) is 46.3 Å². The van der Waals surface area contributed by atoms with Gasteiger partial charge in [-0.3, -0.25) is 0 Å². The highest BCUT2D eigenvalue weighted by Crippen LogP contribution is 2.38. The molecule has 0 spiro atoms. The average molecular weight is 242 g/mol. The second kappa shape index (κ2) is 4.16. The zero-order valence-electron chi connectivity index (χ0n) is 11.1. The van der Waals surface area contributed by atoms with Crippen LogP contribution in [0, 0.1) is 13.8 Å². The summed E-state index contributed by atoms with van der Waals surface area (Å²) in [7, 11) is 1.91. The van der Waals surface area contributed by atoms with Crippen LogP contribution in [0.2, 0.25) is 0 Å². The molecule has 3 rings (SSSR count). The van der Waals surface area contributed by atoms with Gasteiger partial charge < -0.3 is 9.84 Å². The van der Waals surface area contributed by atoms with Gasteiger partial charge in [-0.15, -0.1) is 0 Å². The maximum atomic E-state index is 5.09. The lowest BCUT2D eigenvalue weighted by atomic mass is 9.99. The minimum Gasteiger partial charge on any atom is -0.384 e. The van der Waals surface area contributed by atoms with E-state index in [1.165, 1.54) is 22.3 Å². The maximum Gasteiger partial charge on any atom is 0.147 e. The molecule has 1 atom stereocenters. The van der Waals surface area contributed by atoms with Crippen molar-refractivity contribution in [1.82, 2.24) is 5.16 Å². The van der Waals surface area contributed by atoms with Gasteiger partial charge in [0.25, 0.3) is 0 Å².